The van der Waals surface area contributed by atoms with Crippen molar-refractivity contribution in [1.82, 2.24) is 4.90 Å². The van der Waals surface area contributed by atoms with Gasteiger partial charge in [0, 0.05) is 50.2 Å². The molecule has 2 saturated heterocycles. The predicted octanol–water partition coefficient (Wildman–Crippen LogP) is 7.68. The summed E-state index contributed by atoms with van der Waals surface area (Å²) in [5, 5.41) is 34.1. The highest BCUT2D eigenvalue weighted by molar-refractivity contribution is 8.00. The molecule has 1 unspecified atom stereocenters. The largest absolute Gasteiger partial charge is 0.460 e. The number of hydrogen-bond acceptors (Lipinski definition) is 13. The molecule has 2 bridgehead atoms. The molecule has 0 aromatic rings. The minimum Gasteiger partial charge on any atom is -0.460 e. The molecule has 1 saturated carbocycles. The fourth-order valence-electron chi connectivity index (χ4n) is 10.3. The van der Waals surface area contributed by atoms with Crippen molar-refractivity contribution in [3.05, 3.63) is 47.6 Å². The number of allylic oxidation sites excluding steroid dienone is 6. The van der Waals surface area contributed by atoms with Crippen LogP contribution >= 0.6 is 11.8 Å². The van der Waals surface area contributed by atoms with Gasteiger partial charge in [-0.15, -0.1) is 0 Å². The summed E-state index contributed by atoms with van der Waals surface area (Å²) >= 11 is 1.78. The number of hydrogen-bond donors (Lipinski definition) is 3. The minimum absolute atomic E-state index is 0.0176. The summed E-state index contributed by atoms with van der Waals surface area (Å²) in [6, 6.07) is -1.12. The molecule has 4 rings (SSSR count). The van der Waals surface area contributed by atoms with E-state index in [1.165, 1.54) is 12.0 Å². The molecule has 1 aliphatic carbocycles. The summed E-state index contributed by atoms with van der Waals surface area (Å²) in [5.74, 6) is -6.82. The molecule has 0 spiro atoms. The van der Waals surface area contributed by atoms with Crippen LogP contribution in [-0.2, 0) is 42.9 Å². The van der Waals surface area contributed by atoms with Crippen molar-refractivity contribution >= 4 is 41.0 Å². The Hall–Kier alpha value is -2.98. The number of ketones is 3. The van der Waals surface area contributed by atoms with E-state index in [2.05, 4.69) is 13.8 Å². The van der Waals surface area contributed by atoms with Gasteiger partial charge in [0.15, 0.2) is 5.78 Å². The second-order valence-electron chi connectivity index (χ2n) is 20.2. The highest BCUT2D eigenvalue weighted by Crippen LogP contribution is 2.39. The number of fused-ring (bicyclic) bond motifs is 3. The number of rotatable bonds is 8. The zero-order chi connectivity index (χ0) is 49.6. The number of nitrogens with zero attached hydrogens (tertiary/aromatic N) is 1. The van der Waals surface area contributed by atoms with Gasteiger partial charge in [0.25, 0.3) is 11.7 Å². The lowest BCUT2D eigenvalue weighted by Crippen LogP contribution is -2.60. The Balaban J connectivity index is 1.72. The van der Waals surface area contributed by atoms with Crippen molar-refractivity contribution in [3.63, 3.8) is 0 Å². The number of piperidine rings is 1. The van der Waals surface area contributed by atoms with Crippen molar-refractivity contribution in [2.45, 2.75) is 193 Å². The van der Waals surface area contributed by atoms with Crippen LogP contribution in [0.3, 0.4) is 0 Å². The number of methoxy groups -OCH3 is 2. The van der Waals surface area contributed by atoms with Gasteiger partial charge in [0.1, 0.15) is 30.1 Å². The maximum absolute atomic E-state index is 14.4. The van der Waals surface area contributed by atoms with Crippen molar-refractivity contribution in [3.8, 4) is 0 Å². The number of aliphatic hydroxyl groups excluding tert-OH is 2. The number of amides is 1. The highest BCUT2D eigenvalue weighted by atomic mass is 32.2. The zero-order valence-electron chi connectivity index (χ0n) is 42.0. The molecule has 1 amide bonds. The van der Waals surface area contributed by atoms with Gasteiger partial charge in [0.05, 0.1) is 18.3 Å². The number of carbonyl (C=O) groups excluding carboxylic acids is 5. The molecule has 67 heavy (non-hydrogen) atoms. The van der Waals surface area contributed by atoms with E-state index in [0.29, 0.717) is 63.4 Å². The fourth-order valence-corrected chi connectivity index (χ4v) is 11.5. The van der Waals surface area contributed by atoms with E-state index in [4.69, 9.17) is 18.9 Å². The first-order valence-electron chi connectivity index (χ1n) is 25.0. The second-order valence-corrected chi connectivity index (χ2v) is 21.5. The van der Waals surface area contributed by atoms with Gasteiger partial charge in [-0.05, 0) is 120 Å². The van der Waals surface area contributed by atoms with E-state index < -0.39 is 77.8 Å². The van der Waals surface area contributed by atoms with Gasteiger partial charge in [-0.3, -0.25) is 19.2 Å². The van der Waals surface area contributed by atoms with Crippen molar-refractivity contribution in [1.29, 1.82) is 0 Å². The van der Waals surface area contributed by atoms with E-state index >= 15 is 0 Å². The Kier molecular flexibility index (Phi) is 22.7. The van der Waals surface area contributed by atoms with E-state index in [1.54, 1.807) is 45.7 Å². The Morgan fingerprint density at radius 1 is 0.896 bits per heavy atom. The Morgan fingerprint density at radius 2 is 1.63 bits per heavy atom. The van der Waals surface area contributed by atoms with Crippen LogP contribution in [0.2, 0.25) is 0 Å². The van der Waals surface area contributed by atoms with Crippen molar-refractivity contribution < 1.29 is 58.2 Å². The van der Waals surface area contributed by atoms with Crippen LogP contribution in [0.5, 0.6) is 0 Å². The molecule has 3 aliphatic heterocycles. The number of ether oxygens (including phenoxy) is 4. The number of thioether (sulfide) groups is 1. The zero-order valence-corrected chi connectivity index (χ0v) is 42.8. The molecule has 0 aromatic carbocycles. The summed E-state index contributed by atoms with van der Waals surface area (Å²) in [4.78, 5) is 72.2. The standard InChI is InChI=1S/C53H83NO12S/c1-11-25-67-46-30-40-22-20-38(8)53(62,66-40)50(59)51(60)54-24-16-15-19-41(54)52(61)65-44(35(5)28-39-21-23-42(55)45(29-39)63-9)31-43(56)34(4)27-37(7)48(58)49(64-10)47(57)36(6)26-32(2)17-13-12-14-18-33(46)3/h12-14,17-18,27,32,34-36,38-42,44-46,48-49,55,58,62H,11,15-16,19-26,28-31H2,1-10H3/b14-12+,17-13+,33-18+,37-27+/t32-,34-,35-,36-,38-,39+,40+,41+,42-,44+,45-,46?,48-,49+,53-/m1/s1. The first kappa shape index (κ1) is 56.6. The van der Waals surface area contributed by atoms with E-state index in [1.807, 2.05) is 51.2 Å². The number of carbonyl (C=O) groups is 5. The summed E-state index contributed by atoms with van der Waals surface area (Å²) in [7, 11) is 2.96. The summed E-state index contributed by atoms with van der Waals surface area (Å²) in [5.41, 5.74) is 1.49. The third kappa shape index (κ3) is 15.5. The summed E-state index contributed by atoms with van der Waals surface area (Å²) < 4.78 is 23.8. The van der Waals surface area contributed by atoms with Crippen LogP contribution in [0.15, 0.2) is 47.6 Å². The van der Waals surface area contributed by atoms with Crippen LogP contribution < -0.4 is 0 Å². The maximum atomic E-state index is 14.4. The van der Waals surface area contributed by atoms with E-state index in [0.717, 1.165) is 24.2 Å². The van der Waals surface area contributed by atoms with Crippen LogP contribution in [-0.4, -0.2) is 130 Å². The van der Waals surface area contributed by atoms with Crippen LogP contribution in [0, 0.1) is 35.5 Å². The van der Waals surface area contributed by atoms with Gasteiger partial charge in [-0.1, -0.05) is 83.6 Å². The summed E-state index contributed by atoms with van der Waals surface area (Å²) in [6.07, 6.45) is 13.5. The molecule has 13 nitrogen and oxygen atoms in total. The molecule has 14 heteroatoms. The maximum Gasteiger partial charge on any atom is 0.329 e. The number of cyclic esters (lactones) is 1. The van der Waals surface area contributed by atoms with Gasteiger partial charge in [0.2, 0.25) is 5.79 Å². The molecule has 3 N–H and O–H groups in total. The molecular formula is C53H83NO12S. The average molecular weight is 958 g/mol. The topological polar surface area (TPSA) is 186 Å². The quantitative estimate of drug-likeness (QED) is 0.122. The molecule has 3 fully saturated rings. The Morgan fingerprint density at radius 3 is 2.31 bits per heavy atom. The Bertz CT molecular complexity index is 1790. The first-order valence-corrected chi connectivity index (χ1v) is 26.1. The first-order chi connectivity index (χ1) is 31.7. The normalized spacial score (nSPS) is 39.6. The summed E-state index contributed by atoms with van der Waals surface area (Å²) in [6.45, 7) is 15.1. The highest BCUT2D eigenvalue weighted by Gasteiger charge is 2.53. The van der Waals surface area contributed by atoms with Crippen LogP contribution in [0.25, 0.3) is 0 Å². The molecular weight excluding hydrogens is 875 g/mol. The monoisotopic (exact) mass is 958 g/mol. The Labute approximate surface area is 404 Å². The molecule has 4 aliphatic rings. The fraction of sp³-hybridized carbons (Fsp3) is 0.755. The molecule has 15 atom stereocenters. The lowest BCUT2D eigenvalue weighted by atomic mass is 9.78. The van der Waals surface area contributed by atoms with Gasteiger partial charge >= 0.3 is 5.97 Å². The number of esters is 1. The molecule has 0 radical (unpaired) electrons. The minimum atomic E-state index is -2.38. The van der Waals surface area contributed by atoms with Crippen LogP contribution in [0.4, 0.5) is 0 Å². The lowest BCUT2D eigenvalue weighted by Gasteiger charge is -2.43. The predicted molar refractivity (Wildman–Crippen MR) is 261 cm³/mol. The molecule has 378 valence electrons. The van der Waals surface area contributed by atoms with Gasteiger partial charge in [-0.25, -0.2) is 4.79 Å². The van der Waals surface area contributed by atoms with Gasteiger partial charge in [-0.2, -0.15) is 11.8 Å². The van der Waals surface area contributed by atoms with Gasteiger partial charge < -0.3 is 39.2 Å². The average Bonchev–Trinajstić information content (AvgIpc) is 3.30. The molecule has 0 aromatic heterocycles. The lowest BCUT2D eigenvalue weighted by molar-refractivity contribution is -0.263. The van der Waals surface area contributed by atoms with Crippen LogP contribution in [0.1, 0.15) is 139 Å². The second kappa shape index (κ2) is 26.8. The number of Topliss-reactive ketones (excluding diaryl/α,β-unsaturated/α-hetero) is 3. The van der Waals surface area contributed by atoms with E-state index in [9.17, 15) is 39.3 Å². The van der Waals surface area contributed by atoms with Crippen molar-refractivity contribution in [2.75, 3.05) is 26.5 Å². The van der Waals surface area contributed by atoms with E-state index in [-0.39, 0.29) is 60.1 Å². The third-order valence-electron chi connectivity index (χ3n) is 14.7. The van der Waals surface area contributed by atoms with Crippen molar-refractivity contribution in [2.24, 2.45) is 35.5 Å². The smallest absolute Gasteiger partial charge is 0.329 e. The number of aliphatic hydroxyl groups is 3. The third-order valence-corrected chi connectivity index (χ3v) is 16.3. The SMILES string of the molecule is CCCSC1C[C@@H]2CC[C@@H](C)[C@@](O)(O2)C(=O)C(=O)N2CCCC[C@H]2C(=O)O[C@H]([C@H](C)C[C@@H]2CC[C@@H](O)[C@H](OC)C2)CC(=O)[C@H](C)/C=C(\C)[C@@H](O)[C@@H](OC)C(=O)[C@H](C)C[C@H](C)/C=C/C=C/C=C/1C. The molecule has 3 heterocycles.